The molecule has 1 aliphatic carbocycles. The van der Waals surface area contributed by atoms with Crippen molar-refractivity contribution in [2.24, 2.45) is 5.92 Å². The van der Waals surface area contributed by atoms with E-state index in [1.54, 1.807) is 13.8 Å². The molecule has 2 heterocycles. The van der Waals surface area contributed by atoms with Crippen molar-refractivity contribution in [1.82, 2.24) is 20.1 Å². The Morgan fingerprint density at radius 3 is 2.58 bits per heavy atom. The molecule has 0 spiro atoms. The van der Waals surface area contributed by atoms with Crippen LogP contribution in [-0.4, -0.2) is 36.0 Å². The number of rotatable bonds is 3. The summed E-state index contributed by atoms with van der Waals surface area (Å²) in [6, 6.07) is 0.241. The van der Waals surface area contributed by atoms with Crippen LogP contribution in [0.25, 0.3) is 0 Å². The molecule has 1 aliphatic heterocycles. The van der Waals surface area contributed by atoms with Gasteiger partial charge in [0, 0.05) is 19.3 Å². The second-order valence-corrected chi connectivity index (χ2v) is 8.65. The van der Waals surface area contributed by atoms with Crippen LogP contribution in [0.1, 0.15) is 44.4 Å². The molecule has 2 aliphatic rings. The molecule has 6 nitrogen and oxygen atoms in total. The number of fused-ring (bicyclic) bond motifs is 1. The average Bonchev–Trinajstić information content (AvgIpc) is 3.05. The molecule has 1 N–H and O–H groups in total. The van der Waals surface area contributed by atoms with Gasteiger partial charge in [-0.3, -0.25) is 0 Å². The molecule has 0 saturated heterocycles. The molecule has 0 radical (unpaired) electrons. The lowest BCUT2D eigenvalue weighted by molar-refractivity contribution is 0.371. The summed E-state index contributed by atoms with van der Waals surface area (Å²) in [5.74, 6) is 2.11. The third kappa shape index (κ3) is 1.99. The van der Waals surface area contributed by atoms with Crippen LogP contribution < -0.4 is 5.32 Å². The van der Waals surface area contributed by atoms with Gasteiger partial charge in [0.25, 0.3) is 0 Å². The van der Waals surface area contributed by atoms with Gasteiger partial charge in [0.05, 0.1) is 6.04 Å². The second kappa shape index (κ2) is 4.02. The Hall–Kier alpha value is -0.950. The number of aromatic nitrogens is 3. The van der Waals surface area contributed by atoms with Crippen molar-refractivity contribution in [3.05, 3.63) is 11.6 Å². The molecule has 1 aromatic rings. The van der Waals surface area contributed by atoms with E-state index < -0.39 is 14.6 Å². The zero-order valence-electron chi connectivity index (χ0n) is 11.5. The lowest BCUT2D eigenvalue weighted by Gasteiger charge is -2.28. The standard InChI is InChI=1S/C12H20N4O2S/c1-12(2,19(3,17)18)11-15-14-10-9(8-4-5-8)13-6-7-16(10)11/h8-9,13H,4-7H2,1-3H3. The van der Waals surface area contributed by atoms with E-state index in [0.29, 0.717) is 11.7 Å². The van der Waals surface area contributed by atoms with Crippen LogP contribution in [0, 0.1) is 5.92 Å². The Morgan fingerprint density at radius 1 is 1.32 bits per heavy atom. The summed E-state index contributed by atoms with van der Waals surface area (Å²) in [5, 5.41) is 11.9. The monoisotopic (exact) mass is 284 g/mol. The van der Waals surface area contributed by atoms with Gasteiger partial charge in [-0.05, 0) is 32.6 Å². The Morgan fingerprint density at radius 2 is 2.00 bits per heavy atom. The van der Waals surface area contributed by atoms with Gasteiger partial charge in [-0.25, -0.2) is 8.42 Å². The highest BCUT2D eigenvalue weighted by Gasteiger charge is 2.42. The van der Waals surface area contributed by atoms with Gasteiger partial charge in [0.2, 0.25) is 0 Å². The van der Waals surface area contributed by atoms with Crippen molar-refractivity contribution in [3.63, 3.8) is 0 Å². The van der Waals surface area contributed by atoms with E-state index in [4.69, 9.17) is 0 Å². The van der Waals surface area contributed by atoms with Crippen molar-refractivity contribution in [3.8, 4) is 0 Å². The molecule has 19 heavy (non-hydrogen) atoms. The maximum absolute atomic E-state index is 12.0. The first-order valence-electron chi connectivity index (χ1n) is 6.69. The minimum absolute atomic E-state index is 0.241. The van der Waals surface area contributed by atoms with Crippen LogP contribution in [0.3, 0.4) is 0 Å². The van der Waals surface area contributed by atoms with E-state index >= 15 is 0 Å². The first-order chi connectivity index (χ1) is 8.82. The zero-order chi connectivity index (χ0) is 13.8. The molecule has 0 aromatic carbocycles. The highest BCUT2D eigenvalue weighted by molar-refractivity contribution is 7.91. The van der Waals surface area contributed by atoms with Crippen molar-refractivity contribution >= 4 is 9.84 Å². The lowest BCUT2D eigenvalue weighted by atomic mass is 10.1. The molecular weight excluding hydrogens is 264 g/mol. The second-order valence-electron chi connectivity index (χ2n) is 6.09. The largest absolute Gasteiger partial charge is 0.311 e. The van der Waals surface area contributed by atoms with Crippen LogP contribution in [0.5, 0.6) is 0 Å². The molecule has 1 fully saturated rings. The Kier molecular flexibility index (Phi) is 2.76. The Balaban J connectivity index is 2.06. The van der Waals surface area contributed by atoms with Gasteiger partial charge in [-0.2, -0.15) is 0 Å². The van der Waals surface area contributed by atoms with Crippen LogP contribution in [0.2, 0.25) is 0 Å². The van der Waals surface area contributed by atoms with E-state index in [1.807, 2.05) is 4.57 Å². The normalized spacial score (nSPS) is 24.3. The maximum Gasteiger partial charge on any atom is 0.159 e. The predicted molar refractivity (Wildman–Crippen MR) is 71.4 cm³/mol. The zero-order valence-corrected chi connectivity index (χ0v) is 12.4. The Bertz CT molecular complexity index is 601. The van der Waals surface area contributed by atoms with E-state index in [1.165, 1.54) is 19.1 Å². The average molecular weight is 284 g/mol. The Labute approximate surface area is 113 Å². The SMILES string of the molecule is CC(C)(c1nnc2n1CCNC2C1CC1)S(C)(=O)=O. The topological polar surface area (TPSA) is 76.9 Å². The summed E-state index contributed by atoms with van der Waals surface area (Å²) < 4.78 is 24.9. The fourth-order valence-corrected chi connectivity index (χ4v) is 3.09. The van der Waals surface area contributed by atoms with Crippen LogP contribution >= 0.6 is 0 Å². The number of hydrogen-bond acceptors (Lipinski definition) is 5. The molecule has 3 rings (SSSR count). The fraction of sp³-hybridized carbons (Fsp3) is 0.833. The number of hydrogen-bond donors (Lipinski definition) is 1. The van der Waals surface area contributed by atoms with Gasteiger partial charge >= 0.3 is 0 Å². The molecule has 1 saturated carbocycles. The van der Waals surface area contributed by atoms with Crippen molar-refractivity contribution in [2.45, 2.75) is 44.0 Å². The van der Waals surface area contributed by atoms with Crippen molar-refractivity contribution in [1.29, 1.82) is 0 Å². The lowest BCUT2D eigenvalue weighted by Crippen LogP contribution is -2.38. The van der Waals surface area contributed by atoms with Crippen LogP contribution in [0.15, 0.2) is 0 Å². The van der Waals surface area contributed by atoms with Gasteiger partial charge < -0.3 is 9.88 Å². The van der Waals surface area contributed by atoms with Gasteiger partial charge in [0.1, 0.15) is 4.75 Å². The third-order valence-electron chi connectivity index (χ3n) is 4.32. The maximum atomic E-state index is 12.0. The summed E-state index contributed by atoms with van der Waals surface area (Å²) >= 11 is 0. The number of nitrogens with zero attached hydrogens (tertiary/aromatic N) is 3. The summed E-state index contributed by atoms with van der Waals surface area (Å²) in [6.07, 6.45) is 3.69. The highest BCUT2D eigenvalue weighted by Crippen LogP contribution is 2.42. The molecule has 1 atom stereocenters. The predicted octanol–water partition coefficient (Wildman–Crippen LogP) is 0.612. The van der Waals surface area contributed by atoms with Crippen LogP contribution in [0.4, 0.5) is 0 Å². The molecular formula is C12H20N4O2S. The highest BCUT2D eigenvalue weighted by atomic mass is 32.2. The first kappa shape index (κ1) is 13.1. The minimum atomic E-state index is -3.22. The first-order valence-corrected chi connectivity index (χ1v) is 8.58. The third-order valence-corrected chi connectivity index (χ3v) is 6.35. The fourth-order valence-electron chi connectivity index (χ4n) is 2.61. The molecule has 1 unspecified atom stereocenters. The van der Waals surface area contributed by atoms with E-state index in [2.05, 4.69) is 15.5 Å². The number of nitrogens with one attached hydrogen (secondary N) is 1. The van der Waals surface area contributed by atoms with Crippen molar-refractivity contribution < 1.29 is 8.42 Å². The summed E-state index contributed by atoms with van der Waals surface area (Å²) in [4.78, 5) is 0. The summed E-state index contributed by atoms with van der Waals surface area (Å²) in [5.41, 5.74) is 0. The van der Waals surface area contributed by atoms with Gasteiger partial charge in [-0.1, -0.05) is 0 Å². The molecule has 7 heteroatoms. The molecule has 1 aromatic heterocycles. The number of sulfone groups is 1. The summed E-state index contributed by atoms with van der Waals surface area (Å²) in [6.45, 7) is 4.99. The van der Waals surface area contributed by atoms with Gasteiger partial charge in [-0.15, -0.1) is 10.2 Å². The van der Waals surface area contributed by atoms with E-state index in [9.17, 15) is 8.42 Å². The molecule has 0 amide bonds. The summed E-state index contributed by atoms with van der Waals surface area (Å²) in [7, 11) is -3.22. The van der Waals surface area contributed by atoms with Crippen LogP contribution in [-0.2, 0) is 21.1 Å². The van der Waals surface area contributed by atoms with E-state index in [0.717, 1.165) is 18.9 Å². The molecule has 106 valence electrons. The quantitative estimate of drug-likeness (QED) is 0.880. The van der Waals surface area contributed by atoms with Crippen molar-refractivity contribution in [2.75, 3.05) is 12.8 Å². The minimum Gasteiger partial charge on any atom is -0.311 e. The van der Waals surface area contributed by atoms with E-state index in [-0.39, 0.29) is 6.04 Å². The van der Waals surface area contributed by atoms with Gasteiger partial charge in [0.15, 0.2) is 21.5 Å². The molecule has 0 bridgehead atoms. The smallest absolute Gasteiger partial charge is 0.159 e.